The molecule has 0 aromatic heterocycles. The second-order valence-electron chi connectivity index (χ2n) is 6.73. The molecule has 21 heavy (non-hydrogen) atoms. The van der Waals surface area contributed by atoms with Crippen LogP contribution in [0.5, 0.6) is 5.75 Å². The standard InChI is InChI=1S/C17H28N2O2/c1-12(6-7-14-8-10-15(20)11-9-14)18-13(2)16(21)19-17(3,4)5/h8-13,18,20H,6-7H2,1-5H3,(H,19,21). The molecule has 0 heterocycles. The lowest BCUT2D eigenvalue weighted by atomic mass is 10.0. The van der Waals surface area contributed by atoms with Crippen LogP contribution in [0, 0.1) is 0 Å². The fraction of sp³-hybridized carbons (Fsp3) is 0.588. The van der Waals surface area contributed by atoms with E-state index < -0.39 is 0 Å². The molecule has 1 aromatic rings. The van der Waals surface area contributed by atoms with E-state index in [0.29, 0.717) is 0 Å². The van der Waals surface area contributed by atoms with Crippen LogP contribution in [0.4, 0.5) is 0 Å². The fourth-order valence-corrected chi connectivity index (χ4v) is 2.11. The summed E-state index contributed by atoms with van der Waals surface area (Å²) in [6, 6.07) is 7.30. The molecule has 2 unspecified atom stereocenters. The number of carbonyl (C=O) groups excluding carboxylic acids is 1. The highest BCUT2D eigenvalue weighted by Crippen LogP contribution is 2.12. The Balaban J connectivity index is 2.37. The summed E-state index contributed by atoms with van der Waals surface area (Å²) in [5, 5.41) is 15.5. The van der Waals surface area contributed by atoms with E-state index in [9.17, 15) is 9.90 Å². The maximum atomic E-state index is 12.0. The first-order valence-corrected chi connectivity index (χ1v) is 7.53. The molecule has 4 nitrogen and oxygen atoms in total. The van der Waals surface area contributed by atoms with Crippen LogP contribution in [-0.2, 0) is 11.2 Å². The predicted octanol–water partition coefficient (Wildman–Crippen LogP) is 2.61. The summed E-state index contributed by atoms with van der Waals surface area (Å²) in [6.07, 6.45) is 1.86. The molecule has 1 amide bonds. The van der Waals surface area contributed by atoms with Gasteiger partial charge in [0.1, 0.15) is 5.75 Å². The van der Waals surface area contributed by atoms with Gasteiger partial charge in [0.2, 0.25) is 5.91 Å². The molecule has 0 aliphatic heterocycles. The summed E-state index contributed by atoms with van der Waals surface area (Å²) < 4.78 is 0. The average molecular weight is 292 g/mol. The summed E-state index contributed by atoms with van der Waals surface area (Å²) >= 11 is 0. The van der Waals surface area contributed by atoms with Crippen molar-refractivity contribution in [3.63, 3.8) is 0 Å². The number of phenols is 1. The highest BCUT2D eigenvalue weighted by Gasteiger charge is 2.20. The quantitative estimate of drug-likeness (QED) is 0.755. The van der Waals surface area contributed by atoms with Gasteiger partial charge in [0.05, 0.1) is 6.04 Å². The molecule has 4 heteroatoms. The number of benzene rings is 1. The van der Waals surface area contributed by atoms with Gasteiger partial charge in [-0.3, -0.25) is 4.79 Å². The van der Waals surface area contributed by atoms with Crippen molar-refractivity contribution in [2.75, 3.05) is 0 Å². The van der Waals surface area contributed by atoms with Crippen molar-refractivity contribution >= 4 is 5.91 Å². The molecule has 0 saturated carbocycles. The van der Waals surface area contributed by atoms with Crippen molar-refractivity contribution in [2.24, 2.45) is 0 Å². The van der Waals surface area contributed by atoms with Gasteiger partial charge in [0.25, 0.3) is 0 Å². The number of aryl methyl sites for hydroxylation is 1. The Hall–Kier alpha value is -1.55. The van der Waals surface area contributed by atoms with Crippen LogP contribution in [0.3, 0.4) is 0 Å². The summed E-state index contributed by atoms with van der Waals surface area (Å²) in [6.45, 7) is 9.91. The van der Waals surface area contributed by atoms with E-state index in [4.69, 9.17) is 0 Å². The van der Waals surface area contributed by atoms with Crippen LogP contribution in [0.25, 0.3) is 0 Å². The molecule has 0 spiro atoms. The largest absolute Gasteiger partial charge is 0.508 e. The lowest BCUT2D eigenvalue weighted by Gasteiger charge is -2.25. The van der Waals surface area contributed by atoms with Crippen LogP contribution in [0.15, 0.2) is 24.3 Å². The normalized spacial score (nSPS) is 14.5. The maximum absolute atomic E-state index is 12.0. The summed E-state index contributed by atoms with van der Waals surface area (Å²) in [4.78, 5) is 12.0. The predicted molar refractivity (Wildman–Crippen MR) is 86.4 cm³/mol. The van der Waals surface area contributed by atoms with Crippen molar-refractivity contribution in [3.05, 3.63) is 29.8 Å². The number of amides is 1. The molecule has 0 aliphatic rings. The van der Waals surface area contributed by atoms with Crippen LogP contribution >= 0.6 is 0 Å². The number of carbonyl (C=O) groups is 1. The van der Waals surface area contributed by atoms with E-state index in [0.717, 1.165) is 12.8 Å². The Morgan fingerprint density at radius 2 is 1.76 bits per heavy atom. The molecular weight excluding hydrogens is 264 g/mol. The number of aromatic hydroxyl groups is 1. The topological polar surface area (TPSA) is 61.4 Å². The van der Waals surface area contributed by atoms with Crippen molar-refractivity contribution in [3.8, 4) is 5.75 Å². The van der Waals surface area contributed by atoms with Crippen molar-refractivity contribution in [1.29, 1.82) is 0 Å². The second kappa shape index (κ2) is 7.46. The molecule has 0 bridgehead atoms. The third kappa shape index (κ3) is 7.14. The van der Waals surface area contributed by atoms with Gasteiger partial charge in [-0.15, -0.1) is 0 Å². The van der Waals surface area contributed by atoms with Gasteiger partial charge < -0.3 is 15.7 Å². The molecule has 1 rings (SSSR count). The zero-order valence-corrected chi connectivity index (χ0v) is 13.7. The lowest BCUT2D eigenvalue weighted by molar-refractivity contribution is -0.124. The minimum absolute atomic E-state index is 0.0268. The van der Waals surface area contributed by atoms with Crippen molar-refractivity contribution < 1.29 is 9.90 Å². The monoisotopic (exact) mass is 292 g/mol. The van der Waals surface area contributed by atoms with Crippen LogP contribution in [-0.4, -0.2) is 28.6 Å². The van der Waals surface area contributed by atoms with Gasteiger partial charge in [-0.1, -0.05) is 12.1 Å². The van der Waals surface area contributed by atoms with Gasteiger partial charge in [-0.2, -0.15) is 0 Å². The van der Waals surface area contributed by atoms with E-state index in [1.165, 1.54) is 5.56 Å². The number of hydrogen-bond donors (Lipinski definition) is 3. The maximum Gasteiger partial charge on any atom is 0.237 e. The zero-order chi connectivity index (χ0) is 16.0. The average Bonchev–Trinajstić information content (AvgIpc) is 2.36. The smallest absolute Gasteiger partial charge is 0.237 e. The van der Waals surface area contributed by atoms with Gasteiger partial charge in [-0.25, -0.2) is 0 Å². The molecule has 118 valence electrons. The Morgan fingerprint density at radius 3 is 2.29 bits per heavy atom. The Kier molecular flexibility index (Phi) is 6.21. The second-order valence-corrected chi connectivity index (χ2v) is 6.73. The van der Waals surface area contributed by atoms with E-state index in [1.54, 1.807) is 12.1 Å². The summed E-state index contributed by atoms with van der Waals surface area (Å²) in [7, 11) is 0. The number of hydrogen-bond acceptors (Lipinski definition) is 3. The number of phenolic OH excluding ortho intramolecular Hbond substituents is 1. The third-order valence-corrected chi connectivity index (χ3v) is 3.23. The highest BCUT2D eigenvalue weighted by atomic mass is 16.3. The Labute approximate surface area is 128 Å². The van der Waals surface area contributed by atoms with Gasteiger partial charge in [0.15, 0.2) is 0 Å². The van der Waals surface area contributed by atoms with E-state index in [-0.39, 0.29) is 29.3 Å². The van der Waals surface area contributed by atoms with Crippen molar-refractivity contribution in [1.82, 2.24) is 10.6 Å². The first-order valence-electron chi connectivity index (χ1n) is 7.53. The molecule has 2 atom stereocenters. The molecule has 0 aliphatic carbocycles. The molecule has 0 fully saturated rings. The van der Waals surface area contributed by atoms with Crippen LogP contribution in [0.2, 0.25) is 0 Å². The highest BCUT2D eigenvalue weighted by molar-refractivity contribution is 5.81. The Morgan fingerprint density at radius 1 is 1.19 bits per heavy atom. The molecule has 0 saturated heterocycles. The minimum atomic E-state index is -0.209. The summed E-state index contributed by atoms with van der Waals surface area (Å²) in [5.41, 5.74) is 0.982. The molecule has 3 N–H and O–H groups in total. The molecule has 1 aromatic carbocycles. The SMILES string of the molecule is CC(CCc1ccc(O)cc1)NC(C)C(=O)NC(C)(C)C. The van der Waals surface area contributed by atoms with E-state index in [2.05, 4.69) is 17.6 Å². The zero-order valence-electron chi connectivity index (χ0n) is 13.7. The third-order valence-electron chi connectivity index (χ3n) is 3.23. The Bertz CT molecular complexity index is 449. The molecular formula is C17H28N2O2. The number of rotatable bonds is 6. The van der Waals surface area contributed by atoms with Gasteiger partial charge in [-0.05, 0) is 65.2 Å². The first kappa shape index (κ1) is 17.5. The van der Waals surface area contributed by atoms with E-state index in [1.807, 2.05) is 39.8 Å². The summed E-state index contributed by atoms with van der Waals surface area (Å²) in [5.74, 6) is 0.316. The minimum Gasteiger partial charge on any atom is -0.508 e. The van der Waals surface area contributed by atoms with Crippen LogP contribution < -0.4 is 10.6 Å². The van der Waals surface area contributed by atoms with Crippen molar-refractivity contribution in [2.45, 2.75) is 65.1 Å². The van der Waals surface area contributed by atoms with Gasteiger partial charge in [0, 0.05) is 11.6 Å². The molecule has 0 radical (unpaired) electrons. The fourth-order valence-electron chi connectivity index (χ4n) is 2.11. The van der Waals surface area contributed by atoms with Crippen LogP contribution in [0.1, 0.15) is 46.6 Å². The van der Waals surface area contributed by atoms with E-state index >= 15 is 0 Å². The van der Waals surface area contributed by atoms with Gasteiger partial charge >= 0.3 is 0 Å². The lowest BCUT2D eigenvalue weighted by Crippen LogP contribution is -2.51. The first-order chi connectivity index (χ1) is 9.67. The number of nitrogens with one attached hydrogen (secondary N) is 2.